The van der Waals surface area contributed by atoms with Gasteiger partial charge in [0, 0.05) is 22.7 Å². The van der Waals surface area contributed by atoms with Crippen molar-refractivity contribution < 1.29 is 8.42 Å². The second-order valence-corrected chi connectivity index (χ2v) is 8.35. The Balaban J connectivity index is 2.41. The highest BCUT2D eigenvalue weighted by Gasteiger charge is 2.32. The van der Waals surface area contributed by atoms with Gasteiger partial charge in [-0.2, -0.15) is 4.31 Å². The van der Waals surface area contributed by atoms with Crippen molar-refractivity contribution in [1.29, 1.82) is 0 Å². The van der Waals surface area contributed by atoms with Crippen LogP contribution in [0.4, 0.5) is 5.69 Å². The van der Waals surface area contributed by atoms with E-state index in [-0.39, 0.29) is 6.04 Å². The molecule has 118 valence electrons. The highest BCUT2D eigenvalue weighted by Crippen LogP contribution is 2.32. The van der Waals surface area contributed by atoms with Crippen LogP contribution in [0.2, 0.25) is 0 Å². The largest absolute Gasteiger partial charge is 0.398 e. The van der Waals surface area contributed by atoms with E-state index in [9.17, 15) is 8.42 Å². The summed E-state index contributed by atoms with van der Waals surface area (Å²) in [5, 5.41) is 0. The first-order valence-electron chi connectivity index (χ1n) is 7.45. The minimum atomic E-state index is -3.49. The quantitative estimate of drug-likeness (QED) is 0.817. The zero-order valence-corrected chi connectivity index (χ0v) is 15.0. The predicted octanol–water partition coefficient (Wildman–Crippen LogP) is 3.68. The number of nitrogen functional groups attached to an aromatic ring is 1. The zero-order chi connectivity index (χ0) is 15.6. The second kappa shape index (κ2) is 6.67. The molecule has 6 heteroatoms. The normalized spacial score (nSPS) is 17.3. The van der Waals surface area contributed by atoms with E-state index in [2.05, 4.69) is 15.9 Å². The van der Waals surface area contributed by atoms with Crippen molar-refractivity contribution >= 4 is 31.6 Å². The first-order chi connectivity index (χ1) is 9.87. The van der Waals surface area contributed by atoms with Gasteiger partial charge in [0.25, 0.3) is 0 Å². The molecular formula is C15H23BrN2O2S. The van der Waals surface area contributed by atoms with Crippen LogP contribution in [-0.4, -0.2) is 25.3 Å². The van der Waals surface area contributed by atoms with Crippen LogP contribution in [0.1, 0.15) is 44.6 Å². The molecule has 0 bridgehead atoms. The molecular weight excluding hydrogens is 352 g/mol. The van der Waals surface area contributed by atoms with E-state index in [0.717, 1.165) is 35.7 Å². The fourth-order valence-electron chi connectivity index (χ4n) is 3.07. The van der Waals surface area contributed by atoms with Crippen LogP contribution in [0.3, 0.4) is 0 Å². The zero-order valence-electron chi connectivity index (χ0n) is 12.6. The van der Waals surface area contributed by atoms with Crippen molar-refractivity contribution in [3.05, 3.63) is 22.2 Å². The third kappa shape index (κ3) is 3.43. The molecule has 1 fully saturated rings. The number of anilines is 1. The number of halogens is 1. The van der Waals surface area contributed by atoms with E-state index in [1.54, 1.807) is 16.4 Å². The lowest BCUT2D eigenvalue weighted by Crippen LogP contribution is -2.41. The van der Waals surface area contributed by atoms with E-state index >= 15 is 0 Å². The lowest BCUT2D eigenvalue weighted by atomic mass is 9.95. The third-order valence-electron chi connectivity index (χ3n) is 4.17. The molecule has 0 spiro atoms. The Labute approximate surface area is 135 Å². The highest BCUT2D eigenvalue weighted by molar-refractivity contribution is 9.10. The molecule has 1 saturated carbocycles. The summed E-state index contributed by atoms with van der Waals surface area (Å²) in [6.45, 7) is 4.22. The van der Waals surface area contributed by atoms with Crippen molar-refractivity contribution in [2.75, 3.05) is 12.3 Å². The summed E-state index contributed by atoms with van der Waals surface area (Å²) in [6, 6.07) is 3.47. The summed E-state index contributed by atoms with van der Waals surface area (Å²) in [5.41, 5.74) is 7.06. The van der Waals surface area contributed by atoms with Gasteiger partial charge in [0.05, 0.1) is 4.90 Å². The monoisotopic (exact) mass is 374 g/mol. The first-order valence-corrected chi connectivity index (χ1v) is 9.68. The Morgan fingerprint density at radius 2 is 1.90 bits per heavy atom. The molecule has 2 N–H and O–H groups in total. The van der Waals surface area contributed by atoms with Crippen LogP contribution >= 0.6 is 15.9 Å². The highest BCUT2D eigenvalue weighted by atomic mass is 79.9. The summed E-state index contributed by atoms with van der Waals surface area (Å²) in [5.74, 6) is 0. The van der Waals surface area contributed by atoms with Gasteiger partial charge in [-0.05, 0) is 53.4 Å². The molecule has 2 rings (SSSR count). The van der Waals surface area contributed by atoms with E-state index < -0.39 is 10.0 Å². The van der Waals surface area contributed by atoms with Crippen molar-refractivity contribution in [2.45, 2.75) is 56.9 Å². The maximum atomic E-state index is 13.0. The molecule has 0 saturated heterocycles. The molecule has 0 atom stereocenters. The van der Waals surface area contributed by atoms with Gasteiger partial charge in [-0.15, -0.1) is 0 Å². The van der Waals surface area contributed by atoms with Gasteiger partial charge in [-0.25, -0.2) is 8.42 Å². The molecule has 1 aromatic rings. The number of nitrogens with two attached hydrogens (primary N) is 1. The van der Waals surface area contributed by atoms with Gasteiger partial charge >= 0.3 is 0 Å². The van der Waals surface area contributed by atoms with Crippen molar-refractivity contribution in [3.8, 4) is 0 Å². The standard InChI is InChI=1S/C15H23BrN2O2S/c1-3-18(12-7-5-4-6-8-12)21(19,20)15-10-14(17)13(16)9-11(15)2/h9-10,12H,3-8,17H2,1-2H3. The van der Waals surface area contributed by atoms with E-state index in [1.165, 1.54) is 6.42 Å². The average Bonchev–Trinajstić information content (AvgIpc) is 2.44. The topological polar surface area (TPSA) is 63.4 Å². The average molecular weight is 375 g/mol. The Bertz CT molecular complexity index is 610. The molecule has 1 aliphatic rings. The first kappa shape index (κ1) is 16.8. The van der Waals surface area contributed by atoms with Crippen LogP contribution < -0.4 is 5.73 Å². The SMILES string of the molecule is CCN(C1CCCCC1)S(=O)(=O)c1cc(N)c(Br)cc1C. The van der Waals surface area contributed by atoms with Crippen molar-refractivity contribution in [1.82, 2.24) is 4.31 Å². The van der Waals surface area contributed by atoms with Crippen LogP contribution in [0.5, 0.6) is 0 Å². The summed E-state index contributed by atoms with van der Waals surface area (Å²) < 4.78 is 28.4. The Hall–Kier alpha value is -0.590. The summed E-state index contributed by atoms with van der Waals surface area (Å²) in [4.78, 5) is 0.329. The lowest BCUT2D eigenvalue weighted by molar-refractivity contribution is 0.261. The molecule has 4 nitrogen and oxygen atoms in total. The van der Waals surface area contributed by atoms with E-state index in [4.69, 9.17) is 5.73 Å². The molecule has 1 aromatic carbocycles. The second-order valence-electron chi connectivity index (χ2n) is 5.64. The molecule has 1 aliphatic carbocycles. The smallest absolute Gasteiger partial charge is 0.243 e. The van der Waals surface area contributed by atoms with Gasteiger partial charge in [0.1, 0.15) is 0 Å². The van der Waals surface area contributed by atoms with Crippen molar-refractivity contribution in [3.63, 3.8) is 0 Å². The van der Waals surface area contributed by atoms with Gasteiger partial charge in [0.2, 0.25) is 10.0 Å². The lowest BCUT2D eigenvalue weighted by Gasteiger charge is -2.33. The fraction of sp³-hybridized carbons (Fsp3) is 0.600. The van der Waals surface area contributed by atoms with Gasteiger partial charge in [-0.1, -0.05) is 26.2 Å². The Morgan fingerprint density at radius 3 is 2.48 bits per heavy atom. The van der Waals surface area contributed by atoms with Gasteiger partial charge < -0.3 is 5.73 Å². The third-order valence-corrected chi connectivity index (χ3v) is 7.03. The minimum absolute atomic E-state index is 0.123. The molecule has 0 amide bonds. The molecule has 0 aliphatic heterocycles. The molecule has 21 heavy (non-hydrogen) atoms. The Morgan fingerprint density at radius 1 is 1.29 bits per heavy atom. The number of rotatable bonds is 4. The van der Waals surface area contributed by atoms with Crippen LogP contribution in [0, 0.1) is 6.92 Å². The minimum Gasteiger partial charge on any atom is -0.398 e. The van der Waals surface area contributed by atoms with Crippen LogP contribution in [0.15, 0.2) is 21.5 Å². The number of aryl methyl sites for hydroxylation is 1. The number of hydrogen-bond donors (Lipinski definition) is 1. The molecule has 0 unspecified atom stereocenters. The van der Waals surface area contributed by atoms with Gasteiger partial charge in [-0.3, -0.25) is 0 Å². The van der Waals surface area contributed by atoms with Crippen LogP contribution in [0.25, 0.3) is 0 Å². The summed E-state index contributed by atoms with van der Waals surface area (Å²) >= 11 is 3.34. The van der Waals surface area contributed by atoms with Crippen LogP contribution in [-0.2, 0) is 10.0 Å². The van der Waals surface area contributed by atoms with E-state index in [0.29, 0.717) is 17.1 Å². The number of sulfonamides is 1. The summed E-state index contributed by atoms with van der Waals surface area (Å²) in [7, 11) is -3.49. The molecule has 0 heterocycles. The predicted molar refractivity (Wildman–Crippen MR) is 89.7 cm³/mol. The summed E-state index contributed by atoms with van der Waals surface area (Å²) in [6.07, 6.45) is 5.34. The maximum absolute atomic E-state index is 13.0. The van der Waals surface area contributed by atoms with E-state index in [1.807, 2.05) is 13.8 Å². The Kier molecular flexibility index (Phi) is 5.33. The van der Waals surface area contributed by atoms with Crippen molar-refractivity contribution in [2.24, 2.45) is 0 Å². The number of nitrogens with zero attached hydrogens (tertiary/aromatic N) is 1. The molecule has 0 aromatic heterocycles. The number of benzene rings is 1. The number of hydrogen-bond acceptors (Lipinski definition) is 3. The maximum Gasteiger partial charge on any atom is 0.243 e. The fourth-order valence-corrected chi connectivity index (χ4v) is 5.46. The van der Waals surface area contributed by atoms with Gasteiger partial charge in [0.15, 0.2) is 0 Å². The molecule has 0 radical (unpaired) electrons.